The van der Waals surface area contributed by atoms with E-state index >= 15 is 0 Å². The molecule has 19 heavy (non-hydrogen) atoms. The predicted molar refractivity (Wildman–Crippen MR) is 74.0 cm³/mol. The molecule has 3 nitrogen and oxygen atoms in total. The minimum absolute atomic E-state index is 0.363. The van der Waals surface area contributed by atoms with E-state index in [0.29, 0.717) is 18.5 Å². The minimum Gasteiger partial charge on any atom is -0.481 e. The maximum Gasteiger partial charge on any atom is 0.312 e. The summed E-state index contributed by atoms with van der Waals surface area (Å²) in [5.74, 6) is -0.361. The monoisotopic (exact) mass is 259 g/mol. The molecule has 102 valence electrons. The highest BCUT2D eigenvalue weighted by Crippen LogP contribution is 2.36. The number of benzene rings is 1. The molecule has 0 aromatic heterocycles. The normalized spacial score (nSPS) is 31.1. The van der Waals surface area contributed by atoms with Crippen LogP contribution in [0.4, 0.5) is 0 Å². The molecular weight excluding hydrogens is 238 g/mol. The van der Waals surface area contributed by atoms with Crippen LogP contribution in [-0.2, 0) is 11.3 Å². The van der Waals surface area contributed by atoms with Gasteiger partial charge in [0.05, 0.1) is 5.92 Å². The molecule has 1 N–H and O–H groups in total. The van der Waals surface area contributed by atoms with Gasteiger partial charge in [0.1, 0.15) is 0 Å². The summed E-state index contributed by atoms with van der Waals surface area (Å²) in [4.78, 5) is 13.9. The highest BCUT2D eigenvalue weighted by atomic mass is 16.4. The van der Waals surface area contributed by atoms with Gasteiger partial charge >= 0.3 is 5.97 Å². The van der Waals surface area contributed by atoms with Crippen molar-refractivity contribution >= 4 is 5.97 Å². The predicted octanol–water partition coefficient (Wildman–Crippen LogP) is 2.86. The smallest absolute Gasteiger partial charge is 0.312 e. The number of carbonyl (C=O) groups is 1. The summed E-state index contributed by atoms with van der Waals surface area (Å²) in [7, 11) is 0. The van der Waals surface area contributed by atoms with Gasteiger partial charge in [-0.15, -0.1) is 0 Å². The third-order valence-corrected chi connectivity index (χ3v) is 4.80. The summed E-state index contributed by atoms with van der Waals surface area (Å²) in [6, 6.07) is 8.58. The Hall–Kier alpha value is -1.35. The van der Waals surface area contributed by atoms with Gasteiger partial charge in [-0.05, 0) is 29.9 Å². The Balaban J connectivity index is 1.90. The first-order valence-corrected chi connectivity index (χ1v) is 7.21. The first-order valence-electron chi connectivity index (χ1n) is 7.21. The fourth-order valence-corrected chi connectivity index (χ4v) is 3.77. The van der Waals surface area contributed by atoms with E-state index in [-0.39, 0.29) is 5.92 Å². The minimum atomic E-state index is -0.692. The topological polar surface area (TPSA) is 40.5 Å². The van der Waals surface area contributed by atoms with Gasteiger partial charge in [0, 0.05) is 19.1 Å². The van der Waals surface area contributed by atoms with Crippen LogP contribution in [0.25, 0.3) is 0 Å². The van der Waals surface area contributed by atoms with E-state index in [0.717, 1.165) is 12.1 Å². The first kappa shape index (κ1) is 12.7. The summed E-state index contributed by atoms with van der Waals surface area (Å²) in [5.41, 5.74) is 2.21. The van der Waals surface area contributed by atoms with E-state index in [1.54, 1.807) is 0 Å². The second-order valence-corrected chi connectivity index (χ2v) is 5.99. The second kappa shape index (κ2) is 4.97. The van der Waals surface area contributed by atoms with Crippen LogP contribution in [0, 0.1) is 5.92 Å². The van der Waals surface area contributed by atoms with E-state index in [1.165, 1.54) is 24.8 Å². The molecule has 0 spiro atoms. The summed E-state index contributed by atoms with van der Waals surface area (Å²) >= 11 is 0. The third-order valence-electron chi connectivity index (χ3n) is 4.80. The molecule has 2 aliphatic rings. The van der Waals surface area contributed by atoms with E-state index < -0.39 is 5.97 Å². The molecule has 0 radical (unpaired) electrons. The van der Waals surface area contributed by atoms with Gasteiger partial charge in [0.2, 0.25) is 0 Å². The number of aliphatic carboxylic acids is 1. The van der Waals surface area contributed by atoms with E-state index in [2.05, 4.69) is 17.9 Å². The molecule has 3 unspecified atom stereocenters. The van der Waals surface area contributed by atoms with Crippen LogP contribution in [0.5, 0.6) is 0 Å². The van der Waals surface area contributed by atoms with Gasteiger partial charge in [0.15, 0.2) is 0 Å². The lowest BCUT2D eigenvalue weighted by Crippen LogP contribution is -2.44. The Kier molecular flexibility index (Phi) is 3.31. The summed E-state index contributed by atoms with van der Waals surface area (Å²) in [5, 5.41) is 9.48. The fourth-order valence-electron chi connectivity index (χ4n) is 3.77. The molecule has 3 atom stereocenters. The Morgan fingerprint density at radius 3 is 2.79 bits per heavy atom. The number of rotatable bonds is 2. The average Bonchev–Trinajstić information content (AvgIpc) is 2.83. The number of fused-ring (bicyclic) bond motifs is 1. The lowest BCUT2D eigenvalue weighted by molar-refractivity contribution is -0.139. The van der Waals surface area contributed by atoms with Crippen LogP contribution in [0.1, 0.15) is 43.2 Å². The zero-order valence-corrected chi connectivity index (χ0v) is 11.4. The summed E-state index contributed by atoms with van der Waals surface area (Å²) in [6.45, 7) is 3.88. The van der Waals surface area contributed by atoms with Crippen LogP contribution in [0.3, 0.4) is 0 Å². The second-order valence-electron chi connectivity index (χ2n) is 5.99. The lowest BCUT2D eigenvalue weighted by atomic mass is 9.88. The van der Waals surface area contributed by atoms with E-state index in [1.807, 2.05) is 18.2 Å². The molecule has 1 aliphatic heterocycles. The van der Waals surface area contributed by atoms with Gasteiger partial charge in [-0.25, -0.2) is 0 Å². The molecular formula is C16H21NO2. The number of carboxylic acids is 1. The fraction of sp³-hybridized carbons (Fsp3) is 0.562. The molecule has 0 bridgehead atoms. The molecule has 1 heterocycles. The highest BCUT2D eigenvalue weighted by molar-refractivity contribution is 5.77. The van der Waals surface area contributed by atoms with Crippen LogP contribution in [-0.4, -0.2) is 28.6 Å². The molecule has 1 aliphatic carbocycles. The van der Waals surface area contributed by atoms with Crippen molar-refractivity contribution in [2.45, 2.75) is 44.7 Å². The highest BCUT2D eigenvalue weighted by Gasteiger charge is 2.36. The van der Waals surface area contributed by atoms with Crippen LogP contribution >= 0.6 is 0 Å². The van der Waals surface area contributed by atoms with Gasteiger partial charge in [-0.2, -0.15) is 0 Å². The molecule has 3 rings (SSSR count). The van der Waals surface area contributed by atoms with Crippen LogP contribution < -0.4 is 0 Å². The van der Waals surface area contributed by atoms with E-state index in [9.17, 15) is 9.90 Å². The van der Waals surface area contributed by atoms with Crippen molar-refractivity contribution in [3.05, 3.63) is 35.4 Å². The van der Waals surface area contributed by atoms with Crippen molar-refractivity contribution in [1.82, 2.24) is 4.90 Å². The Labute approximate surface area is 114 Å². The number of carboxylic acid groups (broad SMARTS) is 1. The van der Waals surface area contributed by atoms with Crippen molar-refractivity contribution in [2.24, 2.45) is 5.92 Å². The van der Waals surface area contributed by atoms with Gasteiger partial charge < -0.3 is 5.11 Å². The van der Waals surface area contributed by atoms with Crippen molar-refractivity contribution < 1.29 is 9.90 Å². The molecule has 1 fully saturated rings. The largest absolute Gasteiger partial charge is 0.481 e. The molecule has 0 saturated heterocycles. The Bertz CT molecular complexity index is 485. The van der Waals surface area contributed by atoms with Crippen molar-refractivity contribution in [3.63, 3.8) is 0 Å². The standard InChI is InChI=1S/C16H21NO2/c1-11-5-4-8-15(11)17-9-12-6-2-3-7-13(12)14(10-17)16(18)19/h2-3,6-7,11,14-15H,4-5,8-10H2,1H3,(H,18,19). The number of nitrogens with zero attached hydrogens (tertiary/aromatic N) is 1. The Morgan fingerprint density at radius 2 is 2.11 bits per heavy atom. The maximum atomic E-state index is 11.5. The first-order chi connectivity index (χ1) is 9.16. The lowest BCUT2D eigenvalue weighted by Gasteiger charge is -2.38. The van der Waals surface area contributed by atoms with Gasteiger partial charge in [0.25, 0.3) is 0 Å². The summed E-state index contributed by atoms with van der Waals surface area (Å²) in [6.07, 6.45) is 3.78. The van der Waals surface area contributed by atoms with Crippen molar-refractivity contribution in [3.8, 4) is 0 Å². The van der Waals surface area contributed by atoms with Crippen LogP contribution in [0.2, 0.25) is 0 Å². The third kappa shape index (κ3) is 2.27. The van der Waals surface area contributed by atoms with Gasteiger partial charge in [-0.3, -0.25) is 9.69 Å². The number of hydrogen-bond donors (Lipinski definition) is 1. The van der Waals surface area contributed by atoms with Gasteiger partial charge in [-0.1, -0.05) is 37.6 Å². The molecule has 0 amide bonds. The zero-order valence-electron chi connectivity index (χ0n) is 11.4. The number of hydrogen-bond acceptors (Lipinski definition) is 2. The van der Waals surface area contributed by atoms with Crippen molar-refractivity contribution in [2.75, 3.05) is 6.54 Å². The zero-order chi connectivity index (χ0) is 13.4. The molecule has 1 saturated carbocycles. The summed E-state index contributed by atoms with van der Waals surface area (Å²) < 4.78 is 0. The molecule has 1 aromatic rings. The quantitative estimate of drug-likeness (QED) is 0.888. The molecule has 1 aromatic carbocycles. The SMILES string of the molecule is CC1CCCC1N1Cc2ccccc2C(C(=O)O)C1. The maximum absolute atomic E-state index is 11.5. The Morgan fingerprint density at radius 1 is 1.32 bits per heavy atom. The van der Waals surface area contributed by atoms with Crippen molar-refractivity contribution in [1.29, 1.82) is 0 Å². The van der Waals surface area contributed by atoms with Crippen LogP contribution in [0.15, 0.2) is 24.3 Å². The average molecular weight is 259 g/mol. The molecule has 3 heteroatoms. The van der Waals surface area contributed by atoms with E-state index in [4.69, 9.17) is 0 Å².